The molecule has 1 fully saturated rings. The fraction of sp³-hybridized carbons (Fsp3) is 0.235. The number of benzene rings is 3. The highest BCUT2D eigenvalue weighted by molar-refractivity contribution is 5.95. The summed E-state index contributed by atoms with van der Waals surface area (Å²) in [6.07, 6.45) is 4.20. The molecule has 3 amide bonds. The van der Waals surface area contributed by atoms with E-state index in [2.05, 4.69) is 21.5 Å². The van der Waals surface area contributed by atoms with Gasteiger partial charge in [-0.15, -0.1) is 0 Å². The van der Waals surface area contributed by atoms with Crippen molar-refractivity contribution in [2.75, 3.05) is 25.0 Å². The van der Waals surface area contributed by atoms with Crippen LogP contribution >= 0.6 is 0 Å². The molecule has 44 heavy (non-hydrogen) atoms. The van der Waals surface area contributed by atoms with Crippen LogP contribution in [0.25, 0.3) is 28.0 Å². The zero-order valence-corrected chi connectivity index (χ0v) is 24.1. The summed E-state index contributed by atoms with van der Waals surface area (Å²) in [4.78, 5) is 34.6. The quantitative estimate of drug-likeness (QED) is 0.251. The predicted octanol–water partition coefficient (Wildman–Crippen LogP) is 6.73. The van der Waals surface area contributed by atoms with Gasteiger partial charge in [-0.25, -0.2) is 23.1 Å². The number of anilines is 1. The van der Waals surface area contributed by atoms with Gasteiger partial charge >= 0.3 is 6.03 Å². The van der Waals surface area contributed by atoms with Gasteiger partial charge in [0.1, 0.15) is 17.3 Å². The van der Waals surface area contributed by atoms with E-state index >= 15 is 4.39 Å². The Balaban J connectivity index is 1.26. The van der Waals surface area contributed by atoms with Crippen LogP contribution in [0.4, 0.5) is 19.3 Å². The number of nitrogens with zero attached hydrogens (tertiary/aromatic N) is 5. The number of hydrogen-bond donors (Lipinski definition) is 1. The maximum absolute atomic E-state index is 15.4. The standard InChI is InChI=1S/C34H30F2N6O2/c1-21-26-10-3-2-7-22(26)13-16-41(21)33(43)30-19-28(23-8-6-9-24(35)17-23)32-38-31(20-42(32)39-30)27-12-11-25(18-29(27)36)37-34(44)40-14-4-5-15-40/h2-3,6-12,17-21H,4-5,13-16H2,1H3,(H,37,44). The molecule has 0 radical (unpaired) electrons. The first-order valence-electron chi connectivity index (χ1n) is 14.8. The molecule has 0 bridgehead atoms. The van der Waals surface area contributed by atoms with E-state index < -0.39 is 11.6 Å². The fourth-order valence-corrected chi connectivity index (χ4v) is 6.20. The smallest absolute Gasteiger partial charge is 0.321 e. The highest BCUT2D eigenvalue weighted by Gasteiger charge is 2.30. The Hall–Kier alpha value is -5.12. The summed E-state index contributed by atoms with van der Waals surface area (Å²) in [6.45, 7) is 3.90. The molecule has 10 heteroatoms. The second kappa shape index (κ2) is 11.2. The molecule has 0 spiro atoms. The number of urea groups is 1. The van der Waals surface area contributed by atoms with Gasteiger partial charge in [-0.1, -0.05) is 36.4 Å². The molecule has 2 aliphatic rings. The molecular weight excluding hydrogens is 562 g/mol. The van der Waals surface area contributed by atoms with Gasteiger partial charge in [0.15, 0.2) is 5.65 Å². The second-order valence-electron chi connectivity index (χ2n) is 11.3. The molecule has 0 saturated carbocycles. The van der Waals surface area contributed by atoms with Crippen molar-refractivity contribution in [1.82, 2.24) is 24.4 Å². The van der Waals surface area contributed by atoms with Gasteiger partial charge in [0.25, 0.3) is 5.91 Å². The van der Waals surface area contributed by atoms with Crippen LogP contribution in [0.5, 0.6) is 0 Å². The first-order chi connectivity index (χ1) is 21.4. The van der Waals surface area contributed by atoms with E-state index in [0.717, 1.165) is 24.8 Å². The van der Waals surface area contributed by atoms with Crippen LogP contribution in [-0.4, -0.2) is 56.0 Å². The maximum atomic E-state index is 15.4. The molecule has 4 heterocycles. The number of aromatic nitrogens is 3. The van der Waals surface area contributed by atoms with Crippen molar-refractivity contribution in [3.8, 4) is 22.4 Å². The Morgan fingerprint density at radius 3 is 2.52 bits per heavy atom. The van der Waals surface area contributed by atoms with Crippen LogP contribution < -0.4 is 5.32 Å². The van der Waals surface area contributed by atoms with Crippen LogP contribution in [0.15, 0.2) is 79.0 Å². The highest BCUT2D eigenvalue weighted by atomic mass is 19.1. The number of fused-ring (bicyclic) bond motifs is 2. The van der Waals surface area contributed by atoms with E-state index in [1.165, 1.54) is 28.3 Å². The number of rotatable bonds is 4. The van der Waals surface area contributed by atoms with Gasteiger partial charge in [-0.05, 0) is 79.3 Å². The average Bonchev–Trinajstić information content (AvgIpc) is 3.72. The van der Waals surface area contributed by atoms with E-state index in [-0.39, 0.29) is 34.9 Å². The van der Waals surface area contributed by atoms with Gasteiger partial charge < -0.3 is 15.1 Å². The number of likely N-dealkylation sites (tertiary alicyclic amines) is 1. The van der Waals surface area contributed by atoms with Crippen LogP contribution in [-0.2, 0) is 6.42 Å². The predicted molar refractivity (Wildman–Crippen MR) is 163 cm³/mol. The molecular formula is C34H30F2N6O2. The monoisotopic (exact) mass is 592 g/mol. The molecule has 222 valence electrons. The summed E-state index contributed by atoms with van der Waals surface area (Å²) in [5.41, 5.74) is 4.68. The zero-order chi connectivity index (χ0) is 30.4. The average molecular weight is 593 g/mol. The van der Waals surface area contributed by atoms with Crippen molar-refractivity contribution in [3.63, 3.8) is 0 Å². The number of amides is 3. The molecule has 1 N–H and O–H groups in total. The van der Waals surface area contributed by atoms with Crippen molar-refractivity contribution in [1.29, 1.82) is 0 Å². The Morgan fingerprint density at radius 1 is 0.909 bits per heavy atom. The molecule has 2 aliphatic heterocycles. The molecule has 0 aliphatic carbocycles. The lowest BCUT2D eigenvalue weighted by Crippen LogP contribution is -2.39. The van der Waals surface area contributed by atoms with Crippen molar-refractivity contribution in [3.05, 3.63) is 107 Å². The largest absolute Gasteiger partial charge is 0.330 e. The third kappa shape index (κ3) is 5.06. The van der Waals surface area contributed by atoms with Crippen molar-refractivity contribution < 1.29 is 18.4 Å². The molecule has 8 nitrogen and oxygen atoms in total. The Kier molecular flexibility index (Phi) is 7.04. The lowest BCUT2D eigenvalue weighted by Gasteiger charge is -2.35. The number of halogens is 2. The summed E-state index contributed by atoms with van der Waals surface area (Å²) >= 11 is 0. The summed E-state index contributed by atoms with van der Waals surface area (Å²) in [7, 11) is 0. The minimum absolute atomic E-state index is 0.153. The SMILES string of the molecule is CC1c2ccccc2CCN1C(=O)c1cc(-c2cccc(F)c2)c2nc(-c3ccc(NC(=O)N4CCCC4)cc3F)cn2n1. The minimum atomic E-state index is -0.572. The van der Waals surface area contributed by atoms with Crippen LogP contribution in [0.1, 0.15) is 47.4 Å². The summed E-state index contributed by atoms with van der Waals surface area (Å²) in [5, 5.41) is 7.37. The van der Waals surface area contributed by atoms with E-state index in [0.29, 0.717) is 42.1 Å². The number of imidazole rings is 1. The molecule has 3 aromatic carbocycles. The number of carbonyl (C=O) groups excluding carboxylic acids is 2. The van der Waals surface area contributed by atoms with Gasteiger partial charge in [0.2, 0.25) is 0 Å². The summed E-state index contributed by atoms with van der Waals surface area (Å²) in [6, 6.07) is 19.8. The van der Waals surface area contributed by atoms with Crippen LogP contribution in [0, 0.1) is 11.6 Å². The molecule has 7 rings (SSSR count). The summed E-state index contributed by atoms with van der Waals surface area (Å²) in [5.74, 6) is -1.26. The molecule has 1 unspecified atom stereocenters. The van der Waals surface area contributed by atoms with Crippen molar-refractivity contribution in [2.24, 2.45) is 0 Å². The van der Waals surface area contributed by atoms with E-state index in [9.17, 15) is 14.0 Å². The van der Waals surface area contributed by atoms with Gasteiger partial charge in [0, 0.05) is 36.4 Å². The zero-order valence-electron chi connectivity index (χ0n) is 24.1. The second-order valence-corrected chi connectivity index (χ2v) is 11.3. The third-order valence-electron chi connectivity index (χ3n) is 8.53. The molecule has 5 aromatic rings. The van der Waals surface area contributed by atoms with E-state index in [1.54, 1.807) is 46.3 Å². The fourth-order valence-electron chi connectivity index (χ4n) is 6.20. The number of hydrogen-bond acceptors (Lipinski definition) is 4. The van der Waals surface area contributed by atoms with Crippen molar-refractivity contribution in [2.45, 2.75) is 32.2 Å². The lowest BCUT2D eigenvalue weighted by atomic mass is 9.93. The molecule has 1 saturated heterocycles. The van der Waals surface area contributed by atoms with Gasteiger partial charge in [-0.2, -0.15) is 5.10 Å². The number of nitrogens with one attached hydrogen (secondary N) is 1. The summed E-state index contributed by atoms with van der Waals surface area (Å²) < 4.78 is 31.2. The Morgan fingerprint density at radius 2 is 1.73 bits per heavy atom. The Bertz CT molecular complexity index is 1920. The lowest BCUT2D eigenvalue weighted by molar-refractivity contribution is 0.0670. The van der Waals surface area contributed by atoms with Gasteiger partial charge in [0.05, 0.1) is 17.9 Å². The van der Waals surface area contributed by atoms with Crippen LogP contribution in [0.3, 0.4) is 0 Å². The van der Waals surface area contributed by atoms with Crippen LogP contribution in [0.2, 0.25) is 0 Å². The van der Waals surface area contributed by atoms with E-state index in [4.69, 9.17) is 0 Å². The topological polar surface area (TPSA) is 82.8 Å². The number of carbonyl (C=O) groups is 2. The maximum Gasteiger partial charge on any atom is 0.321 e. The first-order valence-corrected chi connectivity index (χ1v) is 14.8. The van der Waals surface area contributed by atoms with E-state index in [1.807, 2.05) is 25.1 Å². The third-order valence-corrected chi connectivity index (χ3v) is 8.53. The first kappa shape index (κ1) is 27.7. The molecule has 1 atom stereocenters. The normalized spacial score (nSPS) is 16.3. The molecule has 2 aromatic heterocycles. The minimum Gasteiger partial charge on any atom is -0.330 e. The Labute approximate surface area is 252 Å². The van der Waals surface area contributed by atoms with Crippen molar-refractivity contribution >= 4 is 23.3 Å². The highest BCUT2D eigenvalue weighted by Crippen LogP contribution is 2.33. The van der Waals surface area contributed by atoms with Gasteiger partial charge in [-0.3, -0.25) is 4.79 Å².